The Bertz CT molecular complexity index is 1060. The minimum atomic E-state index is -0.333. The maximum Gasteiger partial charge on any atom is 0.245 e. The molecule has 0 bridgehead atoms. The van der Waals surface area contributed by atoms with Gasteiger partial charge in [-0.3, -0.25) is 9.59 Å². The molecule has 2 amide bonds. The van der Waals surface area contributed by atoms with Gasteiger partial charge in [0, 0.05) is 36.5 Å². The van der Waals surface area contributed by atoms with Crippen LogP contribution in [-0.2, 0) is 15.0 Å². The number of anilines is 1. The lowest BCUT2D eigenvalue weighted by atomic mass is 9.89. The molecule has 2 aromatic heterocycles. The van der Waals surface area contributed by atoms with Crippen LogP contribution in [0.2, 0.25) is 0 Å². The van der Waals surface area contributed by atoms with Crippen molar-refractivity contribution in [2.75, 3.05) is 11.9 Å². The molecule has 2 aromatic rings. The van der Waals surface area contributed by atoms with Gasteiger partial charge >= 0.3 is 0 Å². The number of fused-ring (bicyclic) bond motifs is 1. The van der Waals surface area contributed by atoms with E-state index in [-0.39, 0.29) is 28.8 Å². The van der Waals surface area contributed by atoms with E-state index in [1.807, 2.05) is 0 Å². The van der Waals surface area contributed by atoms with Crippen molar-refractivity contribution >= 4 is 28.7 Å². The average Bonchev–Trinajstić information content (AvgIpc) is 3.12. The molecule has 1 unspecified atom stereocenters. The maximum absolute atomic E-state index is 13.3. The number of likely N-dealkylation sites (tertiary alicyclic amines) is 1. The van der Waals surface area contributed by atoms with Crippen LogP contribution in [0, 0.1) is 0 Å². The molecule has 4 rings (SSSR count). The minimum absolute atomic E-state index is 0.132. The van der Waals surface area contributed by atoms with Gasteiger partial charge in [-0.2, -0.15) is 0 Å². The van der Waals surface area contributed by atoms with E-state index in [2.05, 4.69) is 77.8 Å². The minimum Gasteiger partial charge on any atom is -0.370 e. The van der Waals surface area contributed by atoms with Crippen LogP contribution in [0.3, 0.4) is 0 Å². The number of carbonyl (C=O) groups is 2. The Morgan fingerprint density at radius 2 is 1.67 bits per heavy atom. The summed E-state index contributed by atoms with van der Waals surface area (Å²) in [5.74, 6) is 1.19. The molecule has 4 N–H and O–H groups in total. The molecule has 0 aromatic carbocycles. The molecular weight excluding hydrogens is 456 g/mol. The number of hydrogen-bond acceptors (Lipinski definition) is 8. The van der Waals surface area contributed by atoms with Crippen LogP contribution >= 0.6 is 0 Å². The predicted octanol–water partition coefficient (Wildman–Crippen LogP) is 2.92. The van der Waals surface area contributed by atoms with Gasteiger partial charge in [-0.15, -0.1) is 0 Å². The Labute approximate surface area is 214 Å². The molecule has 10 heteroatoms. The Hall–Kier alpha value is -2.88. The van der Waals surface area contributed by atoms with Gasteiger partial charge in [0.05, 0.1) is 6.20 Å². The molecule has 1 saturated carbocycles. The van der Waals surface area contributed by atoms with Crippen LogP contribution in [0.4, 0.5) is 5.82 Å². The molecule has 1 atom stereocenters. The molecule has 1 saturated heterocycles. The lowest BCUT2D eigenvalue weighted by Gasteiger charge is -2.37. The molecular formula is C26H42N8O2. The lowest BCUT2D eigenvalue weighted by Crippen LogP contribution is -2.49. The van der Waals surface area contributed by atoms with Crippen molar-refractivity contribution in [1.82, 2.24) is 30.2 Å². The van der Waals surface area contributed by atoms with Crippen molar-refractivity contribution in [3.63, 3.8) is 0 Å². The number of primary amides is 1. The number of aromatic nitrogens is 4. The van der Waals surface area contributed by atoms with E-state index in [4.69, 9.17) is 4.98 Å². The number of amides is 2. The summed E-state index contributed by atoms with van der Waals surface area (Å²) >= 11 is 0. The van der Waals surface area contributed by atoms with Crippen molar-refractivity contribution in [3.05, 3.63) is 18.3 Å². The first kappa shape index (κ1) is 27.7. The van der Waals surface area contributed by atoms with E-state index in [9.17, 15) is 9.59 Å². The summed E-state index contributed by atoms with van der Waals surface area (Å²) in [5.41, 5.74) is 5.78. The predicted molar refractivity (Wildman–Crippen MR) is 141 cm³/mol. The Balaban J connectivity index is 0.000000840. The third-order valence-corrected chi connectivity index (χ3v) is 6.37. The molecule has 2 aliphatic rings. The first-order valence-corrected chi connectivity index (χ1v) is 12.8. The fourth-order valence-electron chi connectivity index (χ4n) is 4.83. The van der Waals surface area contributed by atoms with Gasteiger partial charge in [-0.1, -0.05) is 20.8 Å². The van der Waals surface area contributed by atoms with Crippen molar-refractivity contribution in [2.24, 2.45) is 5.73 Å². The number of hydrogen-bond donors (Lipinski definition) is 3. The number of nitrogens with one attached hydrogen (secondary N) is 2. The van der Waals surface area contributed by atoms with E-state index in [1.54, 1.807) is 6.20 Å². The summed E-state index contributed by atoms with van der Waals surface area (Å²) in [6.45, 7) is 15.0. The van der Waals surface area contributed by atoms with Crippen LogP contribution in [0.1, 0.15) is 86.4 Å². The van der Waals surface area contributed by atoms with Gasteiger partial charge in [0.1, 0.15) is 29.2 Å². The summed E-state index contributed by atoms with van der Waals surface area (Å²) < 4.78 is 0. The van der Waals surface area contributed by atoms with Crippen molar-refractivity contribution in [1.29, 1.82) is 0 Å². The number of carbonyl (C=O) groups excluding carboxylic acids is 2. The van der Waals surface area contributed by atoms with E-state index in [1.165, 1.54) is 13.3 Å². The van der Waals surface area contributed by atoms with Crippen molar-refractivity contribution in [3.8, 4) is 0 Å². The van der Waals surface area contributed by atoms with Crippen molar-refractivity contribution in [2.45, 2.75) is 110 Å². The highest BCUT2D eigenvalue weighted by molar-refractivity contribution is 5.90. The zero-order chi connectivity index (χ0) is 26.7. The maximum atomic E-state index is 13.3. The standard InChI is InChI=1S/C24H37N7O.C2H5NO/c1-23(2,3)22-25-13-18-19(29-22)20(27-14-26-18)28-17-11-12-31(21(17)32)16-9-7-15(8-10-16)30-24(4,5)6;1-2(3)4/h13-17,30H,7-12H2,1-6H3,(H,26,27,28);1H3,(H2,3,4). The average molecular weight is 499 g/mol. The van der Waals surface area contributed by atoms with E-state index >= 15 is 0 Å². The van der Waals surface area contributed by atoms with Gasteiger partial charge in [0.25, 0.3) is 0 Å². The second-order valence-corrected chi connectivity index (χ2v) is 11.9. The first-order chi connectivity index (χ1) is 16.7. The quantitative estimate of drug-likeness (QED) is 0.585. The van der Waals surface area contributed by atoms with Gasteiger partial charge in [0.15, 0.2) is 5.82 Å². The van der Waals surface area contributed by atoms with Gasteiger partial charge in [-0.05, 0) is 52.9 Å². The fourth-order valence-corrected chi connectivity index (χ4v) is 4.83. The Morgan fingerprint density at radius 1 is 1.03 bits per heavy atom. The molecule has 3 heterocycles. The monoisotopic (exact) mass is 498 g/mol. The highest BCUT2D eigenvalue weighted by Gasteiger charge is 2.38. The molecule has 198 valence electrons. The Morgan fingerprint density at radius 3 is 2.25 bits per heavy atom. The van der Waals surface area contributed by atoms with Gasteiger partial charge < -0.3 is 21.3 Å². The highest BCUT2D eigenvalue weighted by Crippen LogP contribution is 2.29. The number of nitrogens with two attached hydrogens (primary N) is 1. The second-order valence-electron chi connectivity index (χ2n) is 11.9. The molecule has 36 heavy (non-hydrogen) atoms. The highest BCUT2D eigenvalue weighted by atomic mass is 16.2. The molecule has 1 aliphatic carbocycles. The summed E-state index contributed by atoms with van der Waals surface area (Å²) in [4.78, 5) is 42.5. The van der Waals surface area contributed by atoms with E-state index in [0.29, 0.717) is 28.9 Å². The molecule has 2 fully saturated rings. The summed E-state index contributed by atoms with van der Waals surface area (Å²) in [6, 6.07) is 0.609. The van der Waals surface area contributed by atoms with Crippen LogP contribution in [-0.4, -0.2) is 66.9 Å². The summed E-state index contributed by atoms with van der Waals surface area (Å²) in [5, 5.41) is 7.09. The molecule has 10 nitrogen and oxygen atoms in total. The lowest BCUT2D eigenvalue weighted by molar-refractivity contribution is -0.131. The molecule has 1 aliphatic heterocycles. The zero-order valence-corrected chi connectivity index (χ0v) is 22.8. The van der Waals surface area contributed by atoms with Crippen LogP contribution in [0.5, 0.6) is 0 Å². The largest absolute Gasteiger partial charge is 0.370 e. The van der Waals surface area contributed by atoms with Gasteiger partial charge in [-0.25, -0.2) is 19.9 Å². The number of rotatable bonds is 4. The summed E-state index contributed by atoms with van der Waals surface area (Å²) in [6.07, 6.45) is 8.38. The first-order valence-electron chi connectivity index (χ1n) is 12.8. The van der Waals surface area contributed by atoms with Crippen LogP contribution in [0.25, 0.3) is 11.0 Å². The Kier molecular flexibility index (Phi) is 8.48. The third kappa shape index (κ3) is 7.32. The van der Waals surface area contributed by atoms with Gasteiger partial charge in [0.2, 0.25) is 11.8 Å². The second kappa shape index (κ2) is 11.0. The number of nitrogens with zero attached hydrogens (tertiary/aromatic N) is 5. The third-order valence-electron chi connectivity index (χ3n) is 6.37. The van der Waals surface area contributed by atoms with E-state index < -0.39 is 0 Å². The topological polar surface area (TPSA) is 139 Å². The summed E-state index contributed by atoms with van der Waals surface area (Å²) in [7, 11) is 0. The van der Waals surface area contributed by atoms with Crippen LogP contribution in [0.15, 0.2) is 12.5 Å². The zero-order valence-electron chi connectivity index (χ0n) is 22.8. The van der Waals surface area contributed by atoms with Crippen molar-refractivity contribution < 1.29 is 9.59 Å². The smallest absolute Gasteiger partial charge is 0.245 e. The fraction of sp³-hybridized carbons (Fsp3) is 0.692. The molecule has 0 spiro atoms. The normalized spacial score (nSPS) is 22.8. The van der Waals surface area contributed by atoms with Crippen LogP contribution < -0.4 is 16.4 Å². The van der Waals surface area contributed by atoms with E-state index in [0.717, 1.165) is 44.5 Å². The molecule has 0 radical (unpaired) electrons. The SMILES string of the molecule is CC(C)(C)NC1CCC(N2CCC(Nc3ncnc4cnc(C(C)(C)C)nc34)C2=O)CC1.CC(N)=O.